The first-order valence-corrected chi connectivity index (χ1v) is 58.5. The van der Waals surface area contributed by atoms with Crippen LogP contribution >= 0.6 is 51.5 Å². The highest BCUT2D eigenvalue weighted by molar-refractivity contribution is 7.58. The lowest BCUT2D eigenvalue weighted by atomic mass is 9.80. The van der Waals surface area contributed by atoms with Gasteiger partial charge in [-0.2, -0.15) is 0 Å². The van der Waals surface area contributed by atoms with Crippen LogP contribution < -0.4 is 93.1 Å². The molecule has 142 heavy (non-hydrogen) atoms. The van der Waals surface area contributed by atoms with E-state index in [4.69, 9.17) is 0 Å². The summed E-state index contributed by atoms with van der Waals surface area (Å²) < 4.78 is 0. The van der Waals surface area contributed by atoms with Crippen LogP contribution in [0.5, 0.6) is 34.5 Å². The molecule has 0 radical (unpaired) electrons. The van der Waals surface area contributed by atoms with E-state index in [2.05, 4.69) is 299 Å². The molecule has 18 heteroatoms. The second-order valence-corrected chi connectivity index (χ2v) is 51.5. The highest BCUT2D eigenvalue weighted by Crippen LogP contribution is 2.42. The summed E-state index contributed by atoms with van der Waals surface area (Å²) >= 11 is 0. The summed E-state index contributed by atoms with van der Waals surface area (Å²) in [5, 5.41) is 77.4. The van der Waals surface area contributed by atoms with E-state index in [9.17, 15) is 30.6 Å². The van der Waals surface area contributed by atoms with Gasteiger partial charge in [-0.05, 0) is 329 Å². The highest BCUT2D eigenvalue weighted by Gasteiger charge is 2.30. The van der Waals surface area contributed by atoms with Gasteiger partial charge in [0.15, 0.2) is 0 Å². The molecule has 6 fully saturated rings. The van der Waals surface area contributed by atoms with E-state index in [-0.39, 0.29) is 16.2 Å². The second-order valence-electron chi connectivity index (χ2n) is 43.5. The van der Waals surface area contributed by atoms with Crippen LogP contribution in [0.4, 0.5) is 34.1 Å². The van der Waals surface area contributed by atoms with Crippen LogP contribution in [-0.4, -0.2) is 109 Å². The lowest BCUT2D eigenvalue weighted by Crippen LogP contribution is -2.32. The monoisotopic (exact) mass is 2020 g/mol. The first-order valence-electron chi connectivity index (χ1n) is 52.5. The smallest absolute Gasteiger partial charge is 0.127 e. The average molecular weight is 2020 g/mol. The molecule has 6 aliphatic heterocycles. The molecule has 0 saturated carbocycles. The number of phenols is 6. The molecular weight excluding hydrogens is 1860 g/mol. The van der Waals surface area contributed by atoms with Gasteiger partial charge in [0.1, 0.15) is 34.5 Å². The number of benzene rings is 12. The Morgan fingerprint density at radius 3 is 0.831 bits per heavy atom. The van der Waals surface area contributed by atoms with Crippen molar-refractivity contribution in [1.29, 1.82) is 0 Å². The van der Waals surface area contributed by atoms with Gasteiger partial charge >= 0.3 is 0 Å². The number of para-hydroxylation sites is 3. The number of anilines is 6. The van der Waals surface area contributed by atoms with Crippen molar-refractivity contribution in [2.45, 2.75) is 263 Å². The van der Waals surface area contributed by atoms with Crippen molar-refractivity contribution in [1.82, 2.24) is 0 Å². The lowest BCUT2D eigenvalue weighted by Gasteiger charge is -2.31. The number of nitrogens with zero attached hydrogens (tertiary/aromatic N) is 6. The topological polar surface area (TPSA) is 141 Å². The van der Waals surface area contributed by atoms with E-state index in [0.29, 0.717) is 86.0 Å². The van der Waals surface area contributed by atoms with E-state index >= 15 is 0 Å². The molecule has 12 nitrogen and oxygen atoms in total. The van der Waals surface area contributed by atoms with Crippen molar-refractivity contribution < 1.29 is 30.6 Å². The van der Waals surface area contributed by atoms with Gasteiger partial charge in [0.25, 0.3) is 0 Å². The maximum absolute atomic E-state index is 11.2. The normalized spacial score (nSPS) is 15.8. The number of phenolic OH excluding ortho intramolecular Hbond substituents is 6. The maximum Gasteiger partial charge on any atom is 0.127 e. The first-order chi connectivity index (χ1) is 67.9. The summed E-state index contributed by atoms with van der Waals surface area (Å²) in [6, 6.07) is 74.9. The molecular formula is C124H164N6O6P6. The predicted molar refractivity (Wildman–Crippen MR) is 633 cm³/mol. The zero-order chi connectivity index (χ0) is 102. The van der Waals surface area contributed by atoms with Crippen molar-refractivity contribution in [2.24, 2.45) is 0 Å². The molecule has 6 unspecified atom stereocenters. The molecule has 6 atom stereocenters. The molecule has 6 saturated heterocycles. The minimum Gasteiger partial charge on any atom is -0.507 e. The Hall–Kier alpha value is -9.18. The number of hydrogen-bond acceptors (Lipinski definition) is 12. The van der Waals surface area contributed by atoms with E-state index in [1.807, 2.05) is 68.4 Å². The Balaban J connectivity index is 0.000000144. The van der Waals surface area contributed by atoms with Crippen LogP contribution in [0.15, 0.2) is 212 Å². The summed E-state index contributed by atoms with van der Waals surface area (Å²) in [6.07, 6.45) is 23.4. The van der Waals surface area contributed by atoms with Crippen LogP contribution in [0.3, 0.4) is 0 Å². The van der Waals surface area contributed by atoms with Gasteiger partial charge in [0, 0.05) is 187 Å². The number of hydrogen-bond donors (Lipinski definition) is 6. The summed E-state index contributed by atoms with van der Waals surface area (Å²) in [5.41, 5.74) is 23.6. The molecule has 0 spiro atoms. The van der Waals surface area contributed by atoms with Crippen molar-refractivity contribution >= 4 is 149 Å². The molecule has 0 bridgehead atoms. The average Bonchev–Trinajstić information content (AvgIpc) is 0.819. The van der Waals surface area contributed by atoms with Gasteiger partial charge in [-0.25, -0.2) is 0 Å². The molecule has 12 aromatic rings. The van der Waals surface area contributed by atoms with Crippen LogP contribution in [0.1, 0.15) is 250 Å². The zero-order valence-electron chi connectivity index (χ0n) is 88.8. The largest absolute Gasteiger partial charge is 0.507 e. The van der Waals surface area contributed by atoms with Gasteiger partial charge < -0.3 is 60.0 Å². The van der Waals surface area contributed by atoms with Crippen molar-refractivity contribution in [3.63, 3.8) is 0 Å². The van der Waals surface area contributed by atoms with Crippen LogP contribution in [0.25, 0.3) is 0 Å². The quantitative estimate of drug-likeness (QED) is 0.0456. The molecule has 18 rings (SSSR count). The number of aromatic hydroxyl groups is 6. The van der Waals surface area contributed by atoms with Crippen LogP contribution in [0.2, 0.25) is 0 Å². The molecule has 0 aromatic heterocycles. The Kier molecular flexibility index (Phi) is 40.1. The van der Waals surface area contributed by atoms with E-state index in [1.54, 1.807) is 6.07 Å². The fraction of sp³-hybridized carbons (Fsp3) is 0.419. The third kappa shape index (κ3) is 31.0. The highest BCUT2D eigenvalue weighted by atomic mass is 31.1. The van der Waals surface area contributed by atoms with Gasteiger partial charge in [0.2, 0.25) is 0 Å². The Morgan fingerprint density at radius 2 is 0.458 bits per heavy atom. The number of rotatable bonds is 18. The molecule has 0 aliphatic carbocycles. The van der Waals surface area contributed by atoms with Crippen LogP contribution in [0, 0.1) is 69.2 Å². The third-order valence-electron chi connectivity index (χ3n) is 28.1. The number of piperidine rings is 6. The van der Waals surface area contributed by atoms with Crippen molar-refractivity contribution in [3.8, 4) is 34.5 Å². The maximum atomic E-state index is 11.2. The van der Waals surface area contributed by atoms with E-state index < -0.39 is 0 Å². The Morgan fingerprint density at radius 1 is 0.190 bits per heavy atom. The molecule has 0 amide bonds. The van der Waals surface area contributed by atoms with Crippen molar-refractivity contribution in [3.05, 3.63) is 285 Å². The molecule has 756 valence electrons. The minimum atomic E-state index is -0.0863. The summed E-state index contributed by atoms with van der Waals surface area (Å²) in [4.78, 5) is 15.1. The summed E-state index contributed by atoms with van der Waals surface area (Å²) in [5.74, 6) is 2.68. The molecule has 6 aliphatic rings. The standard InChI is InChI=1S/C25H36NOP.C23H32NOP.C20H26NOP.2C19H24NOP.C18H22NOP/c1-24(2,3)18-16-19(25(4,5)6)23(27)22(17-18)28-21-13-9-8-12-20(21)26-14-10-7-11-15-26;1-16-9-10-20(19(14-16)24-11-7-6-8-12-24)26-21-15-17(2)13-18(22(21)25)23(3,4)5;1-14-7-8-18(17(12-14)21-9-5-4-6-10-21)23-19-13-15(2)11-16(3)20(19)22;1-14-7-9-18(16(12-14)20-10-4-3-5-11-20)22-19-13-15(2)6-8-17(19)21;1-14-9-10-17(16(13-14)20-11-4-3-5-12-20)22-18-8-6-7-15(2)19(18)21;1-14-9-10-17(21-18-8-4-3-7-16(18)20)15(13-14)19-11-5-2-6-12-19/h8-9,12-13,16-17,27-28H,7,10-11,14-15H2,1-6H3;9-10,13-15,25-26H,6-8,11-12H2,1-5H3;7-8,11-13,22-23H,4-6,9-10H2,1-3H3;6-9,12-13,21-22H,3-5,10-11H2,1-2H3;6-10,13,21-22H,3-5,11-12H2,1-2H3;3-4,7-10,13,20-21H,2,5-6,11-12H2,1H3. The molecule has 6 N–H and O–H groups in total. The molecule has 6 heterocycles. The SMILES string of the molecule is CC(C)(C)c1cc(Pc2ccccc2N2CCCCC2)c(O)c(C(C)(C)C)c1.Cc1cc(C)c(O)c(Pc2ccc(C)cc2N2CCCCC2)c1.Cc1ccc(O)c(Pc2ccc(C)cc2N2CCCCC2)c1.Cc1ccc(Pc2cc(C)cc(C(C)(C)C)c2O)c(N2CCCCC2)c1.Cc1ccc(Pc2cccc(C)c2O)c(N2CCCCC2)c1.Cc1ccc(Pc2ccccc2O)c(N2CCCCC2)c1. The third-order valence-corrected chi connectivity index (χ3v) is 36.2. The number of aryl methyl sites for hydroxylation is 10. The van der Waals surface area contributed by atoms with Crippen molar-refractivity contribution in [2.75, 3.05) is 108 Å². The van der Waals surface area contributed by atoms with Gasteiger partial charge in [0.05, 0.1) is 0 Å². The fourth-order valence-corrected chi connectivity index (χ4v) is 27.9. The lowest BCUT2D eigenvalue weighted by molar-refractivity contribution is 0.448. The first kappa shape index (κ1) is 110. The summed E-state index contributed by atoms with van der Waals surface area (Å²) in [7, 11) is 2.93. The van der Waals surface area contributed by atoms with E-state index in [1.165, 1.54) is 232 Å². The summed E-state index contributed by atoms with van der Waals surface area (Å²) in [6.45, 7) is 54.7. The van der Waals surface area contributed by atoms with Gasteiger partial charge in [-0.3, -0.25) is 0 Å². The predicted octanol–water partition coefficient (Wildman–Crippen LogP) is 25.0. The van der Waals surface area contributed by atoms with E-state index in [0.717, 1.165) is 133 Å². The van der Waals surface area contributed by atoms with Gasteiger partial charge in [-0.15, -0.1) is 0 Å². The fourth-order valence-electron chi connectivity index (χ4n) is 19.9. The second kappa shape index (κ2) is 51.7. The zero-order valence-corrected chi connectivity index (χ0v) is 94.8. The minimum absolute atomic E-state index is 0.0549. The molecule has 12 aromatic carbocycles. The Labute approximate surface area is 864 Å². The Bertz CT molecular complexity index is 6110. The van der Waals surface area contributed by atoms with Gasteiger partial charge in [-0.1, -0.05) is 259 Å². The van der Waals surface area contributed by atoms with Crippen LogP contribution in [-0.2, 0) is 16.2 Å².